The highest BCUT2D eigenvalue weighted by Crippen LogP contribution is 2.03. The van der Waals surface area contributed by atoms with E-state index in [9.17, 15) is 4.79 Å². The van der Waals surface area contributed by atoms with Crippen LogP contribution in [0.3, 0.4) is 0 Å². The molecule has 1 saturated heterocycles. The summed E-state index contributed by atoms with van der Waals surface area (Å²) in [6.45, 7) is 6.25. The maximum atomic E-state index is 12.1. The molecule has 1 amide bonds. The van der Waals surface area contributed by atoms with Gasteiger partial charge in [0.2, 0.25) is 5.91 Å². The molecule has 0 aliphatic carbocycles. The van der Waals surface area contributed by atoms with E-state index in [-0.39, 0.29) is 36.8 Å². The van der Waals surface area contributed by atoms with E-state index < -0.39 is 6.04 Å². The van der Waals surface area contributed by atoms with Crippen molar-refractivity contribution in [3.8, 4) is 0 Å². The lowest BCUT2D eigenvalue weighted by atomic mass is 10.1. The summed E-state index contributed by atoms with van der Waals surface area (Å²) >= 11 is 0. The predicted molar refractivity (Wildman–Crippen MR) is 97.5 cm³/mol. The number of carbonyl (C=O) groups is 1. The van der Waals surface area contributed by atoms with Gasteiger partial charge in [0.15, 0.2) is 0 Å². The van der Waals surface area contributed by atoms with Crippen molar-refractivity contribution in [2.75, 3.05) is 32.8 Å². The minimum absolute atomic E-state index is 0. The van der Waals surface area contributed by atoms with Gasteiger partial charge in [0, 0.05) is 25.7 Å². The maximum absolute atomic E-state index is 12.1. The number of carbonyl (C=O) groups excluding carboxylic acids is 1. The largest absolute Gasteiger partial charge is 0.379 e. The zero-order valence-electron chi connectivity index (χ0n) is 13.4. The average Bonchev–Trinajstić information content (AvgIpc) is 2.49. The molecular formula is C16H27Cl2N3O2. The van der Waals surface area contributed by atoms with Gasteiger partial charge in [-0.1, -0.05) is 30.3 Å². The van der Waals surface area contributed by atoms with Crippen LogP contribution in [-0.4, -0.2) is 55.7 Å². The summed E-state index contributed by atoms with van der Waals surface area (Å²) in [5.74, 6) is -0.0837. The lowest BCUT2D eigenvalue weighted by Gasteiger charge is -2.29. The first kappa shape index (κ1) is 22.1. The Morgan fingerprint density at radius 3 is 2.48 bits per heavy atom. The van der Waals surface area contributed by atoms with E-state index in [1.54, 1.807) is 0 Å². The van der Waals surface area contributed by atoms with E-state index in [0.29, 0.717) is 6.42 Å². The van der Waals surface area contributed by atoms with Crippen molar-refractivity contribution in [3.63, 3.8) is 0 Å². The summed E-state index contributed by atoms with van der Waals surface area (Å²) in [6, 6.07) is 9.45. The van der Waals surface area contributed by atoms with Gasteiger partial charge in [-0.25, -0.2) is 0 Å². The van der Waals surface area contributed by atoms with Crippen LogP contribution in [0, 0.1) is 0 Å². The maximum Gasteiger partial charge on any atom is 0.237 e. The highest BCUT2D eigenvalue weighted by Gasteiger charge is 2.18. The molecule has 1 aliphatic rings. The number of nitrogens with one attached hydrogen (secondary N) is 1. The lowest BCUT2D eigenvalue weighted by molar-refractivity contribution is -0.123. The van der Waals surface area contributed by atoms with Crippen molar-refractivity contribution >= 4 is 30.7 Å². The number of halogens is 2. The molecular weight excluding hydrogens is 337 g/mol. The number of hydrogen-bond donors (Lipinski definition) is 2. The van der Waals surface area contributed by atoms with Gasteiger partial charge < -0.3 is 15.8 Å². The Hall–Kier alpha value is -0.850. The van der Waals surface area contributed by atoms with Crippen LogP contribution in [0.1, 0.15) is 12.5 Å². The topological polar surface area (TPSA) is 67.6 Å². The van der Waals surface area contributed by atoms with Gasteiger partial charge in [-0.15, -0.1) is 24.8 Å². The van der Waals surface area contributed by atoms with Crippen LogP contribution in [0.15, 0.2) is 30.3 Å². The van der Waals surface area contributed by atoms with Crippen molar-refractivity contribution in [1.29, 1.82) is 0 Å². The summed E-state index contributed by atoms with van der Waals surface area (Å²) in [7, 11) is 0. The molecule has 1 aliphatic heterocycles. The van der Waals surface area contributed by atoms with Crippen LogP contribution >= 0.6 is 24.8 Å². The molecule has 0 radical (unpaired) electrons. The van der Waals surface area contributed by atoms with Crippen LogP contribution in [-0.2, 0) is 16.0 Å². The number of rotatable bonds is 6. The third-order valence-corrected chi connectivity index (χ3v) is 3.66. The highest BCUT2D eigenvalue weighted by molar-refractivity contribution is 5.85. The molecule has 0 aromatic heterocycles. The summed E-state index contributed by atoms with van der Waals surface area (Å²) in [6.07, 6.45) is 0.566. The molecule has 3 N–H and O–H groups in total. The van der Waals surface area contributed by atoms with Crippen LogP contribution < -0.4 is 11.1 Å². The van der Waals surface area contributed by atoms with E-state index in [4.69, 9.17) is 10.5 Å². The summed E-state index contributed by atoms with van der Waals surface area (Å²) in [4.78, 5) is 14.4. The number of amides is 1. The van der Waals surface area contributed by atoms with Crippen molar-refractivity contribution in [2.24, 2.45) is 5.73 Å². The highest BCUT2D eigenvalue weighted by atomic mass is 35.5. The van der Waals surface area contributed by atoms with Gasteiger partial charge in [0.05, 0.1) is 19.3 Å². The number of morpholine rings is 1. The molecule has 2 unspecified atom stereocenters. The SMILES string of the molecule is CC(CN1CCOCC1)NC(=O)C(N)Cc1ccccc1.Cl.Cl. The number of hydrogen-bond acceptors (Lipinski definition) is 4. The Morgan fingerprint density at radius 2 is 1.87 bits per heavy atom. The van der Waals surface area contributed by atoms with E-state index in [2.05, 4.69) is 10.2 Å². The molecule has 0 saturated carbocycles. The molecule has 0 bridgehead atoms. The quantitative estimate of drug-likeness (QED) is 0.797. The zero-order valence-corrected chi connectivity index (χ0v) is 15.1. The molecule has 1 heterocycles. The minimum atomic E-state index is -0.500. The third kappa shape index (κ3) is 7.99. The summed E-state index contributed by atoms with van der Waals surface area (Å²) in [5.41, 5.74) is 7.07. The van der Waals surface area contributed by atoms with E-state index in [0.717, 1.165) is 38.4 Å². The smallest absolute Gasteiger partial charge is 0.237 e. The number of benzene rings is 1. The first-order valence-electron chi connectivity index (χ1n) is 7.55. The number of nitrogens with zero attached hydrogens (tertiary/aromatic N) is 1. The van der Waals surface area contributed by atoms with Gasteiger partial charge in [-0.05, 0) is 18.9 Å². The van der Waals surface area contributed by atoms with Crippen LogP contribution in [0.2, 0.25) is 0 Å². The lowest BCUT2D eigenvalue weighted by Crippen LogP contribution is -2.50. The monoisotopic (exact) mass is 363 g/mol. The standard InChI is InChI=1S/C16H25N3O2.2ClH/c1-13(12-19-7-9-21-10-8-19)18-16(20)15(17)11-14-5-3-2-4-6-14;;/h2-6,13,15H,7-12,17H2,1H3,(H,18,20);2*1H. The Bertz CT molecular complexity index is 442. The molecule has 7 heteroatoms. The second-order valence-corrected chi connectivity index (χ2v) is 5.62. The van der Waals surface area contributed by atoms with Crippen LogP contribution in [0.5, 0.6) is 0 Å². The van der Waals surface area contributed by atoms with Crippen molar-refractivity contribution in [1.82, 2.24) is 10.2 Å². The molecule has 23 heavy (non-hydrogen) atoms. The number of nitrogens with two attached hydrogens (primary N) is 1. The van der Waals surface area contributed by atoms with E-state index in [1.807, 2.05) is 37.3 Å². The Kier molecular flexibility index (Phi) is 11.2. The second-order valence-electron chi connectivity index (χ2n) is 5.62. The van der Waals surface area contributed by atoms with E-state index in [1.165, 1.54) is 0 Å². The predicted octanol–water partition coefficient (Wildman–Crippen LogP) is 1.24. The molecule has 5 nitrogen and oxygen atoms in total. The Labute approximate surface area is 150 Å². The zero-order chi connectivity index (χ0) is 15.1. The number of ether oxygens (including phenoxy) is 1. The first-order valence-corrected chi connectivity index (χ1v) is 7.55. The van der Waals surface area contributed by atoms with Crippen molar-refractivity contribution < 1.29 is 9.53 Å². The molecule has 1 aromatic carbocycles. The first-order chi connectivity index (χ1) is 10.1. The fraction of sp³-hybridized carbons (Fsp3) is 0.562. The Morgan fingerprint density at radius 1 is 1.26 bits per heavy atom. The van der Waals surface area contributed by atoms with Gasteiger partial charge in [-0.3, -0.25) is 9.69 Å². The molecule has 2 atom stereocenters. The molecule has 1 fully saturated rings. The van der Waals surface area contributed by atoms with Crippen molar-refractivity contribution in [2.45, 2.75) is 25.4 Å². The molecule has 132 valence electrons. The second kappa shape index (κ2) is 11.6. The van der Waals surface area contributed by atoms with Crippen molar-refractivity contribution in [3.05, 3.63) is 35.9 Å². The normalized spacial score (nSPS) is 17.3. The summed E-state index contributed by atoms with van der Waals surface area (Å²) in [5, 5.41) is 3.00. The van der Waals surface area contributed by atoms with Crippen LogP contribution in [0.4, 0.5) is 0 Å². The molecule has 0 spiro atoms. The van der Waals surface area contributed by atoms with Gasteiger partial charge in [0.25, 0.3) is 0 Å². The van der Waals surface area contributed by atoms with Gasteiger partial charge in [0.1, 0.15) is 0 Å². The average molecular weight is 364 g/mol. The molecule has 2 rings (SSSR count). The fourth-order valence-electron chi connectivity index (χ4n) is 2.53. The Balaban J connectivity index is 0.00000242. The van der Waals surface area contributed by atoms with E-state index >= 15 is 0 Å². The molecule has 1 aromatic rings. The third-order valence-electron chi connectivity index (χ3n) is 3.66. The summed E-state index contributed by atoms with van der Waals surface area (Å²) < 4.78 is 5.32. The fourth-order valence-corrected chi connectivity index (χ4v) is 2.53. The van der Waals surface area contributed by atoms with Crippen LogP contribution in [0.25, 0.3) is 0 Å². The minimum Gasteiger partial charge on any atom is -0.379 e. The van der Waals surface area contributed by atoms with Gasteiger partial charge in [-0.2, -0.15) is 0 Å². The van der Waals surface area contributed by atoms with Gasteiger partial charge >= 0.3 is 0 Å².